The molecule has 0 saturated carbocycles. The average molecular weight is 1010 g/mol. The van der Waals surface area contributed by atoms with Crippen LogP contribution in [0.15, 0.2) is 268 Å². The van der Waals surface area contributed by atoms with E-state index in [0.717, 1.165) is 95.8 Å². The van der Waals surface area contributed by atoms with Crippen molar-refractivity contribution in [2.45, 2.75) is 6.42 Å². The van der Waals surface area contributed by atoms with Crippen LogP contribution in [0.2, 0.25) is 0 Å². The lowest BCUT2D eigenvalue weighted by molar-refractivity contribution is 1.17. The van der Waals surface area contributed by atoms with Crippen molar-refractivity contribution >= 4 is 55.8 Å². The molecular formula is C75H50N4. The minimum absolute atomic E-state index is 0.881. The number of hydrogen-bond acceptors (Lipinski definition) is 2. The minimum atomic E-state index is 0.881. The minimum Gasteiger partial charge on any atom is -0.309 e. The summed E-state index contributed by atoms with van der Waals surface area (Å²) >= 11 is 0. The Hall–Kier alpha value is -10.4. The van der Waals surface area contributed by atoms with Gasteiger partial charge < -0.3 is 9.13 Å². The maximum Gasteiger partial charge on any atom is 0.0708 e. The molecule has 0 bridgehead atoms. The second kappa shape index (κ2) is 18.7. The molecule has 0 unspecified atom stereocenters. The Morgan fingerprint density at radius 3 is 1.04 bits per heavy atom. The largest absolute Gasteiger partial charge is 0.309 e. The van der Waals surface area contributed by atoms with Gasteiger partial charge in [0.25, 0.3) is 0 Å². The van der Waals surface area contributed by atoms with Crippen molar-refractivity contribution < 1.29 is 0 Å². The highest BCUT2D eigenvalue weighted by Gasteiger charge is 2.24. The van der Waals surface area contributed by atoms with E-state index in [1.807, 2.05) is 36.7 Å². The van der Waals surface area contributed by atoms with Gasteiger partial charge in [-0.3, -0.25) is 9.97 Å². The van der Waals surface area contributed by atoms with E-state index in [9.17, 15) is 0 Å². The van der Waals surface area contributed by atoms with Crippen LogP contribution >= 0.6 is 0 Å². The summed E-state index contributed by atoms with van der Waals surface area (Å²) in [5.74, 6) is 0. The maximum atomic E-state index is 4.77. The molecular weight excluding hydrogens is 957 g/mol. The predicted molar refractivity (Wildman–Crippen MR) is 332 cm³/mol. The van der Waals surface area contributed by atoms with Gasteiger partial charge in [-0.1, -0.05) is 171 Å². The van der Waals surface area contributed by atoms with Gasteiger partial charge >= 0.3 is 0 Å². The topological polar surface area (TPSA) is 35.6 Å². The first kappa shape index (κ1) is 45.9. The number of benzene rings is 10. The summed E-state index contributed by atoms with van der Waals surface area (Å²) in [6.07, 6.45) is 8.41. The highest BCUT2D eigenvalue weighted by Crippen LogP contribution is 2.45. The highest BCUT2D eigenvalue weighted by molar-refractivity contribution is 6.13. The molecule has 0 N–H and O–H groups in total. The molecule has 0 fully saturated rings. The molecule has 14 aromatic rings. The maximum absolute atomic E-state index is 4.77. The molecule has 0 radical (unpaired) electrons. The zero-order valence-electron chi connectivity index (χ0n) is 43.3. The van der Waals surface area contributed by atoms with Gasteiger partial charge in [0.05, 0.1) is 33.5 Å². The van der Waals surface area contributed by atoms with E-state index >= 15 is 0 Å². The lowest BCUT2D eigenvalue weighted by atomic mass is 9.95. The van der Waals surface area contributed by atoms with E-state index in [4.69, 9.17) is 9.97 Å². The summed E-state index contributed by atoms with van der Waals surface area (Å²) < 4.78 is 4.93. The molecule has 0 aliphatic heterocycles. The van der Waals surface area contributed by atoms with Crippen LogP contribution in [0.4, 0.5) is 0 Å². The molecule has 4 heteroatoms. The van der Waals surface area contributed by atoms with Crippen LogP contribution in [-0.4, -0.2) is 19.1 Å². The van der Waals surface area contributed by atoms with E-state index < -0.39 is 0 Å². The fraction of sp³-hybridized carbons (Fsp3) is 0.0133. The number of nitrogens with zero attached hydrogens (tertiary/aromatic N) is 4. The Labute approximate surface area is 458 Å². The van der Waals surface area contributed by atoms with Crippen molar-refractivity contribution in [1.82, 2.24) is 19.1 Å². The summed E-state index contributed by atoms with van der Waals surface area (Å²) in [6.45, 7) is 7.99. The van der Waals surface area contributed by atoms with Gasteiger partial charge in [-0.2, -0.15) is 0 Å². The number of rotatable bonds is 10. The standard InChI is InChI=1S/C75H50N4/c1-3-48-19-23-50(24-20-48)52-29-35-72-66(42-52)68-44-56(60-13-5-7-15-62(60)70-17-9-11-39-76-70)31-37-74(68)78(72)58-33-27-54-41-55-28-34-59(47-65(55)64(54)46-58)79-73-36-30-53(51-25-21-49(4-2)22-26-51)43-67(73)69-45-57(32-38-75(69)79)61-14-6-8-16-63(61)71-18-10-12-40-77-71/h3-40,42-47H,1-2,41H2. The van der Waals surface area contributed by atoms with E-state index in [2.05, 4.69) is 253 Å². The van der Waals surface area contributed by atoms with Crippen molar-refractivity contribution in [2.75, 3.05) is 0 Å². The van der Waals surface area contributed by atoms with Crippen LogP contribution < -0.4 is 0 Å². The zero-order valence-corrected chi connectivity index (χ0v) is 43.3. The van der Waals surface area contributed by atoms with E-state index in [0.29, 0.717) is 0 Å². The Morgan fingerprint density at radius 2 is 0.658 bits per heavy atom. The normalized spacial score (nSPS) is 11.8. The molecule has 0 spiro atoms. The molecule has 1 aliphatic rings. The third-order valence-electron chi connectivity index (χ3n) is 16.2. The molecule has 15 rings (SSSR count). The third kappa shape index (κ3) is 7.76. The van der Waals surface area contributed by atoms with Crippen molar-refractivity contribution in [2.24, 2.45) is 0 Å². The Bertz CT molecular complexity index is 4450. The predicted octanol–water partition coefficient (Wildman–Crippen LogP) is 19.5. The van der Waals surface area contributed by atoms with Gasteiger partial charge in [-0.05, 0) is 181 Å². The molecule has 79 heavy (non-hydrogen) atoms. The van der Waals surface area contributed by atoms with Crippen LogP contribution in [0.3, 0.4) is 0 Å². The average Bonchev–Trinajstić information content (AvgIpc) is 4.37. The van der Waals surface area contributed by atoms with Crippen LogP contribution in [0.5, 0.6) is 0 Å². The van der Waals surface area contributed by atoms with Crippen molar-refractivity contribution in [3.05, 3.63) is 290 Å². The highest BCUT2D eigenvalue weighted by atomic mass is 15.0. The van der Waals surface area contributed by atoms with Crippen LogP contribution in [-0.2, 0) is 6.42 Å². The fourth-order valence-corrected chi connectivity index (χ4v) is 12.3. The summed E-state index contributed by atoms with van der Waals surface area (Å²) in [4.78, 5) is 9.53. The van der Waals surface area contributed by atoms with Gasteiger partial charge in [0.1, 0.15) is 0 Å². The Morgan fingerprint density at radius 1 is 0.304 bits per heavy atom. The van der Waals surface area contributed by atoms with Crippen LogP contribution in [0.25, 0.3) is 145 Å². The second-order valence-corrected chi connectivity index (χ2v) is 20.6. The SMILES string of the molecule is C=Cc1ccc(-c2ccc3c(c2)c2cc(-c4ccccc4-c4ccccn4)ccc2n3-c2ccc3c(c2)-c2cc(-n4c5ccc(-c6ccc(C=C)cc6)cc5c5cc(-c6ccccc6-c6ccccn6)ccc54)ccc2C3)cc1. The van der Waals surface area contributed by atoms with Crippen molar-refractivity contribution in [3.63, 3.8) is 0 Å². The summed E-state index contributed by atoms with van der Waals surface area (Å²) in [7, 11) is 0. The van der Waals surface area contributed by atoms with E-state index in [1.54, 1.807) is 0 Å². The molecule has 1 aliphatic carbocycles. The second-order valence-electron chi connectivity index (χ2n) is 20.6. The molecule has 10 aromatic carbocycles. The molecule has 4 nitrogen and oxygen atoms in total. The monoisotopic (exact) mass is 1010 g/mol. The first-order chi connectivity index (χ1) is 39.0. The summed E-state index contributed by atoms with van der Waals surface area (Å²) in [5, 5.41) is 4.80. The lowest BCUT2D eigenvalue weighted by Crippen LogP contribution is -1.96. The van der Waals surface area contributed by atoms with Gasteiger partial charge in [0.15, 0.2) is 0 Å². The molecule has 0 atom stereocenters. The number of hydrogen-bond donors (Lipinski definition) is 0. The number of aromatic nitrogens is 4. The van der Waals surface area contributed by atoms with Gasteiger partial charge in [-0.15, -0.1) is 0 Å². The number of fused-ring (bicyclic) bond motifs is 9. The van der Waals surface area contributed by atoms with Crippen molar-refractivity contribution in [3.8, 4) is 89.5 Å². The summed E-state index contributed by atoms with van der Waals surface area (Å²) in [6, 6.07) is 88.8. The number of pyridine rings is 2. The van der Waals surface area contributed by atoms with E-state index in [1.165, 1.54) is 66.1 Å². The molecule has 370 valence electrons. The van der Waals surface area contributed by atoms with Crippen LogP contribution in [0, 0.1) is 0 Å². The van der Waals surface area contributed by atoms with E-state index in [-0.39, 0.29) is 0 Å². The smallest absolute Gasteiger partial charge is 0.0708 e. The van der Waals surface area contributed by atoms with Gasteiger partial charge in [0.2, 0.25) is 0 Å². The quantitative estimate of drug-likeness (QED) is 0.137. The molecule has 0 saturated heterocycles. The lowest BCUT2D eigenvalue weighted by Gasteiger charge is -2.13. The molecule has 0 amide bonds. The van der Waals surface area contributed by atoms with Gasteiger partial charge in [-0.25, -0.2) is 0 Å². The third-order valence-corrected chi connectivity index (χ3v) is 16.2. The molecule has 4 aromatic heterocycles. The first-order valence-corrected chi connectivity index (χ1v) is 27.0. The fourth-order valence-electron chi connectivity index (χ4n) is 12.3. The van der Waals surface area contributed by atoms with Crippen molar-refractivity contribution in [1.29, 1.82) is 0 Å². The first-order valence-electron chi connectivity index (χ1n) is 27.0. The Balaban J connectivity index is 0.884. The summed E-state index contributed by atoms with van der Waals surface area (Å²) in [5.41, 5.74) is 27.7. The van der Waals surface area contributed by atoms with Crippen LogP contribution in [0.1, 0.15) is 22.3 Å². The molecule has 4 heterocycles. The van der Waals surface area contributed by atoms with Gasteiger partial charge in [0, 0.05) is 56.4 Å². The Kier molecular flexibility index (Phi) is 10.9. The zero-order chi connectivity index (χ0) is 52.6.